The van der Waals surface area contributed by atoms with Gasteiger partial charge in [0.05, 0.1) is 6.04 Å². The number of carbonyl (C=O) groups excluding carboxylic acids is 2. The number of nitrogens with zero attached hydrogens (tertiary/aromatic N) is 1. The number of hydrogen-bond donors (Lipinski definition) is 1. The van der Waals surface area contributed by atoms with Gasteiger partial charge in [-0.3, -0.25) is 9.69 Å². The third-order valence-electron chi connectivity index (χ3n) is 3.90. The molecule has 6 heteroatoms. The Balaban J connectivity index is 2.45. The SMILES string of the molecule is COCNC(=O)CN(C(=O)OC(C)(C)C)C(c1ccccc1)c1ccccc1. The quantitative estimate of drug-likeness (QED) is 0.739. The number of ether oxygens (including phenoxy) is 2. The second-order valence-corrected chi connectivity index (χ2v) is 7.37. The Labute approximate surface area is 166 Å². The van der Waals surface area contributed by atoms with Gasteiger partial charge in [0.2, 0.25) is 5.91 Å². The van der Waals surface area contributed by atoms with Crippen LogP contribution in [0.2, 0.25) is 0 Å². The Morgan fingerprint density at radius 1 is 0.964 bits per heavy atom. The predicted molar refractivity (Wildman–Crippen MR) is 108 cm³/mol. The highest BCUT2D eigenvalue weighted by Gasteiger charge is 2.32. The first-order chi connectivity index (χ1) is 13.3. The summed E-state index contributed by atoms with van der Waals surface area (Å²) in [6, 6.07) is 18.7. The van der Waals surface area contributed by atoms with Crippen LogP contribution in [0, 0.1) is 0 Å². The van der Waals surface area contributed by atoms with E-state index in [1.54, 1.807) is 20.8 Å². The molecule has 0 saturated carbocycles. The van der Waals surface area contributed by atoms with E-state index < -0.39 is 17.7 Å². The molecule has 0 aliphatic heterocycles. The van der Waals surface area contributed by atoms with Gasteiger partial charge in [-0.1, -0.05) is 60.7 Å². The van der Waals surface area contributed by atoms with Crippen LogP contribution in [0.1, 0.15) is 37.9 Å². The molecular formula is C22H28N2O4. The van der Waals surface area contributed by atoms with Gasteiger partial charge in [-0.15, -0.1) is 0 Å². The van der Waals surface area contributed by atoms with Gasteiger partial charge in [-0.25, -0.2) is 4.79 Å². The van der Waals surface area contributed by atoms with Crippen molar-refractivity contribution in [3.05, 3.63) is 71.8 Å². The standard InChI is InChI=1S/C22H28N2O4/c1-22(2,3)28-21(26)24(15-19(25)23-16-27-4)20(17-11-7-5-8-12-17)18-13-9-6-10-14-18/h5-14,20H,15-16H2,1-4H3,(H,23,25). The van der Waals surface area contributed by atoms with E-state index in [0.29, 0.717) is 0 Å². The average Bonchev–Trinajstić information content (AvgIpc) is 2.66. The molecule has 0 atom stereocenters. The lowest BCUT2D eigenvalue weighted by atomic mass is 9.97. The third-order valence-corrected chi connectivity index (χ3v) is 3.90. The molecule has 150 valence electrons. The lowest BCUT2D eigenvalue weighted by Gasteiger charge is -2.33. The molecular weight excluding hydrogens is 356 g/mol. The summed E-state index contributed by atoms with van der Waals surface area (Å²) in [5, 5.41) is 2.63. The Morgan fingerprint density at radius 2 is 1.46 bits per heavy atom. The van der Waals surface area contributed by atoms with Gasteiger partial charge >= 0.3 is 6.09 Å². The minimum Gasteiger partial charge on any atom is -0.444 e. The molecule has 0 aliphatic carbocycles. The van der Waals surface area contributed by atoms with Crippen LogP contribution in [0.15, 0.2) is 60.7 Å². The number of amides is 2. The number of carbonyl (C=O) groups is 2. The molecule has 0 aliphatic rings. The van der Waals surface area contributed by atoms with Gasteiger partial charge in [-0.05, 0) is 31.9 Å². The molecule has 1 N–H and O–H groups in total. The van der Waals surface area contributed by atoms with Gasteiger partial charge in [0.15, 0.2) is 0 Å². The molecule has 0 bridgehead atoms. The highest BCUT2D eigenvalue weighted by atomic mass is 16.6. The summed E-state index contributed by atoms with van der Waals surface area (Å²) in [6.45, 7) is 5.31. The second kappa shape index (κ2) is 9.90. The summed E-state index contributed by atoms with van der Waals surface area (Å²) in [4.78, 5) is 26.9. The fraction of sp³-hybridized carbons (Fsp3) is 0.364. The number of methoxy groups -OCH3 is 1. The smallest absolute Gasteiger partial charge is 0.411 e. The first-order valence-corrected chi connectivity index (χ1v) is 9.17. The van der Waals surface area contributed by atoms with E-state index in [-0.39, 0.29) is 19.2 Å². The van der Waals surface area contributed by atoms with Crippen molar-refractivity contribution in [3.8, 4) is 0 Å². The largest absolute Gasteiger partial charge is 0.444 e. The van der Waals surface area contributed by atoms with E-state index in [2.05, 4.69) is 5.32 Å². The Hall–Kier alpha value is -2.86. The van der Waals surface area contributed by atoms with E-state index in [1.807, 2.05) is 60.7 Å². The monoisotopic (exact) mass is 384 g/mol. The molecule has 28 heavy (non-hydrogen) atoms. The fourth-order valence-corrected chi connectivity index (χ4v) is 2.77. The first-order valence-electron chi connectivity index (χ1n) is 9.17. The molecule has 0 fully saturated rings. The summed E-state index contributed by atoms with van der Waals surface area (Å²) in [6.07, 6.45) is -0.558. The van der Waals surface area contributed by atoms with Gasteiger partial charge in [0.25, 0.3) is 0 Å². The maximum Gasteiger partial charge on any atom is 0.411 e. The van der Waals surface area contributed by atoms with Crippen LogP contribution >= 0.6 is 0 Å². The number of hydrogen-bond acceptors (Lipinski definition) is 4. The summed E-state index contributed by atoms with van der Waals surface area (Å²) in [5.41, 5.74) is 1.09. The van der Waals surface area contributed by atoms with Gasteiger partial charge in [0.1, 0.15) is 18.9 Å². The summed E-state index contributed by atoms with van der Waals surface area (Å²) in [7, 11) is 1.49. The van der Waals surface area contributed by atoms with Crippen molar-refractivity contribution in [1.29, 1.82) is 0 Å². The first kappa shape index (κ1) is 21.4. The molecule has 0 saturated heterocycles. The topological polar surface area (TPSA) is 67.9 Å². The molecule has 0 spiro atoms. The zero-order valence-electron chi connectivity index (χ0n) is 16.8. The number of benzene rings is 2. The van der Waals surface area contributed by atoms with E-state index in [0.717, 1.165) is 11.1 Å². The number of nitrogens with one attached hydrogen (secondary N) is 1. The molecule has 2 amide bonds. The Kier molecular flexibility index (Phi) is 7.58. The van der Waals surface area contributed by atoms with Crippen molar-refractivity contribution in [1.82, 2.24) is 10.2 Å². The van der Waals surface area contributed by atoms with Crippen molar-refractivity contribution in [2.24, 2.45) is 0 Å². The minimum atomic E-state index is -0.684. The maximum atomic E-state index is 13.0. The second-order valence-electron chi connectivity index (χ2n) is 7.37. The van der Waals surface area contributed by atoms with Crippen LogP contribution in [0.3, 0.4) is 0 Å². The van der Waals surface area contributed by atoms with Crippen molar-refractivity contribution < 1.29 is 19.1 Å². The molecule has 2 aromatic rings. The van der Waals surface area contributed by atoms with E-state index in [1.165, 1.54) is 12.0 Å². The van der Waals surface area contributed by atoms with Crippen LogP contribution in [0.5, 0.6) is 0 Å². The molecule has 2 aromatic carbocycles. The Bertz CT molecular complexity index is 718. The van der Waals surface area contributed by atoms with Gasteiger partial charge < -0.3 is 14.8 Å². The van der Waals surface area contributed by atoms with Crippen LogP contribution in [0.25, 0.3) is 0 Å². The minimum absolute atomic E-state index is 0.0718. The zero-order valence-corrected chi connectivity index (χ0v) is 16.8. The molecule has 0 unspecified atom stereocenters. The highest BCUT2D eigenvalue weighted by molar-refractivity contribution is 5.82. The summed E-state index contributed by atoms with van der Waals surface area (Å²) >= 11 is 0. The molecule has 2 rings (SSSR count). The zero-order chi connectivity index (χ0) is 20.6. The fourth-order valence-electron chi connectivity index (χ4n) is 2.77. The normalized spacial score (nSPS) is 11.2. The van der Waals surface area contributed by atoms with Crippen LogP contribution in [-0.2, 0) is 14.3 Å². The maximum absolute atomic E-state index is 13.0. The van der Waals surface area contributed by atoms with E-state index in [4.69, 9.17) is 9.47 Å². The molecule has 0 heterocycles. The molecule has 6 nitrogen and oxygen atoms in total. The van der Waals surface area contributed by atoms with Gasteiger partial charge in [0, 0.05) is 7.11 Å². The average molecular weight is 384 g/mol. The predicted octanol–water partition coefficient (Wildman–Crippen LogP) is 3.73. The highest BCUT2D eigenvalue weighted by Crippen LogP contribution is 2.30. The van der Waals surface area contributed by atoms with Crippen LogP contribution < -0.4 is 5.32 Å². The van der Waals surface area contributed by atoms with Crippen molar-refractivity contribution in [2.75, 3.05) is 20.4 Å². The van der Waals surface area contributed by atoms with Crippen LogP contribution in [-0.4, -0.2) is 42.9 Å². The van der Waals surface area contributed by atoms with E-state index in [9.17, 15) is 9.59 Å². The van der Waals surface area contributed by atoms with E-state index >= 15 is 0 Å². The van der Waals surface area contributed by atoms with Crippen molar-refractivity contribution in [3.63, 3.8) is 0 Å². The van der Waals surface area contributed by atoms with Gasteiger partial charge in [-0.2, -0.15) is 0 Å². The van der Waals surface area contributed by atoms with Crippen LogP contribution in [0.4, 0.5) is 4.79 Å². The molecule has 0 radical (unpaired) electrons. The van der Waals surface area contributed by atoms with Crippen molar-refractivity contribution >= 4 is 12.0 Å². The summed E-state index contributed by atoms with van der Waals surface area (Å²) < 4.78 is 10.5. The lowest BCUT2D eigenvalue weighted by molar-refractivity contribution is -0.124. The third kappa shape index (κ3) is 6.39. The molecule has 0 aromatic heterocycles. The lowest BCUT2D eigenvalue weighted by Crippen LogP contribution is -2.45. The number of rotatable bonds is 7. The van der Waals surface area contributed by atoms with Crippen molar-refractivity contribution in [2.45, 2.75) is 32.4 Å². The Morgan fingerprint density at radius 3 is 1.89 bits per heavy atom. The summed E-state index contributed by atoms with van der Waals surface area (Å²) in [5.74, 6) is -0.329.